The Morgan fingerprint density at radius 3 is 2.92 bits per heavy atom. The van der Waals surface area contributed by atoms with E-state index in [0.717, 1.165) is 6.54 Å². The summed E-state index contributed by atoms with van der Waals surface area (Å²) in [5, 5.41) is 6.20. The van der Waals surface area contributed by atoms with Crippen molar-refractivity contribution in [2.24, 2.45) is 0 Å². The van der Waals surface area contributed by atoms with Crippen molar-refractivity contribution in [3.63, 3.8) is 0 Å². The fourth-order valence-corrected chi connectivity index (χ4v) is 1.45. The highest BCUT2D eigenvalue weighted by atomic mass is 19.4. The van der Waals surface area contributed by atoms with Gasteiger partial charge in [0.25, 0.3) is 0 Å². The van der Waals surface area contributed by atoms with Crippen LogP contribution in [0.3, 0.4) is 0 Å². The predicted octanol–water partition coefficient (Wildman–Crippen LogP) is 1.01. The summed E-state index contributed by atoms with van der Waals surface area (Å²) < 4.78 is 37.0. The fourth-order valence-electron chi connectivity index (χ4n) is 1.45. The Morgan fingerprint density at radius 2 is 2.23 bits per heavy atom. The summed E-state index contributed by atoms with van der Waals surface area (Å²) >= 11 is 0. The van der Waals surface area contributed by atoms with Crippen molar-refractivity contribution in [2.75, 3.05) is 6.54 Å². The molecule has 0 saturated heterocycles. The van der Waals surface area contributed by atoms with Gasteiger partial charge in [0.2, 0.25) is 0 Å². The van der Waals surface area contributed by atoms with Crippen LogP contribution in [0, 0.1) is 0 Å². The zero-order chi connectivity index (χ0) is 9.47. The van der Waals surface area contributed by atoms with E-state index in [1.54, 1.807) is 0 Å². The Bertz CT molecular complexity index is 315. The van der Waals surface area contributed by atoms with Gasteiger partial charge >= 0.3 is 6.30 Å². The van der Waals surface area contributed by atoms with E-state index in [1.807, 2.05) is 0 Å². The van der Waals surface area contributed by atoms with Crippen molar-refractivity contribution in [3.8, 4) is 0 Å². The highest BCUT2D eigenvalue weighted by Gasteiger charge is 2.35. The van der Waals surface area contributed by atoms with Crippen LogP contribution in [0.25, 0.3) is 0 Å². The van der Waals surface area contributed by atoms with E-state index in [0.29, 0.717) is 12.0 Å². The van der Waals surface area contributed by atoms with Crippen LogP contribution in [0.15, 0.2) is 6.20 Å². The molecule has 0 bridgehead atoms. The van der Waals surface area contributed by atoms with Gasteiger partial charge < -0.3 is 5.32 Å². The van der Waals surface area contributed by atoms with Gasteiger partial charge in [0.1, 0.15) is 0 Å². The number of fused-ring (bicyclic) bond motifs is 1. The first-order valence-electron chi connectivity index (χ1n) is 3.93. The maximum absolute atomic E-state index is 12.3. The molecular weight excluding hydrogens is 183 g/mol. The van der Waals surface area contributed by atoms with Gasteiger partial charge in [-0.2, -0.15) is 9.78 Å². The monoisotopic (exact) mass is 191 g/mol. The molecule has 0 unspecified atom stereocenters. The number of rotatable bonds is 0. The molecule has 0 atom stereocenters. The molecular formula is C7H8F3N3. The molecule has 0 radical (unpaired) electrons. The molecule has 1 aliphatic rings. The third-order valence-electron chi connectivity index (χ3n) is 2.06. The van der Waals surface area contributed by atoms with Crippen molar-refractivity contribution in [1.29, 1.82) is 0 Å². The van der Waals surface area contributed by atoms with Crippen molar-refractivity contribution in [2.45, 2.75) is 19.3 Å². The molecule has 1 N–H and O–H groups in total. The molecule has 1 aliphatic heterocycles. The lowest BCUT2D eigenvalue weighted by Crippen LogP contribution is -2.29. The molecule has 0 spiro atoms. The third kappa shape index (κ3) is 1.41. The summed E-state index contributed by atoms with van der Waals surface area (Å²) in [5.41, 5.74) is 0.926. The molecule has 0 saturated carbocycles. The fraction of sp³-hybridized carbons (Fsp3) is 0.571. The van der Waals surface area contributed by atoms with Gasteiger partial charge in [-0.25, -0.2) is 0 Å². The van der Waals surface area contributed by atoms with E-state index in [9.17, 15) is 13.2 Å². The summed E-state index contributed by atoms with van der Waals surface area (Å²) in [7, 11) is 0. The van der Waals surface area contributed by atoms with Crippen LogP contribution in [0.1, 0.15) is 11.3 Å². The highest BCUT2D eigenvalue weighted by molar-refractivity contribution is 5.20. The SMILES string of the molecule is FC(F)(F)n1ncc2c1CNCC2. The van der Waals surface area contributed by atoms with E-state index in [1.165, 1.54) is 6.20 Å². The molecule has 2 heterocycles. The molecule has 2 rings (SSSR count). The van der Waals surface area contributed by atoms with E-state index in [-0.39, 0.29) is 16.9 Å². The van der Waals surface area contributed by atoms with Gasteiger partial charge in [-0.3, -0.25) is 0 Å². The number of nitrogens with one attached hydrogen (secondary N) is 1. The van der Waals surface area contributed by atoms with Crippen LogP contribution < -0.4 is 5.32 Å². The van der Waals surface area contributed by atoms with E-state index < -0.39 is 6.30 Å². The second-order valence-corrected chi connectivity index (χ2v) is 2.92. The molecule has 1 aromatic heterocycles. The zero-order valence-corrected chi connectivity index (χ0v) is 6.73. The minimum Gasteiger partial charge on any atom is -0.311 e. The molecule has 1 aromatic rings. The van der Waals surface area contributed by atoms with Gasteiger partial charge in [-0.1, -0.05) is 0 Å². The smallest absolute Gasteiger partial charge is 0.311 e. The zero-order valence-electron chi connectivity index (χ0n) is 6.73. The van der Waals surface area contributed by atoms with Crippen LogP contribution in [0.2, 0.25) is 0 Å². The Kier molecular flexibility index (Phi) is 1.80. The summed E-state index contributed by atoms with van der Waals surface area (Å²) in [6.07, 6.45) is -2.48. The van der Waals surface area contributed by atoms with Gasteiger partial charge in [0, 0.05) is 6.54 Å². The van der Waals surface area contributed by atoms with Crippen molar-refractivity contribution in [1.82, 2.24) is 15.1 Å². The van der Waals surface area contributed by atoms with Crippen molar-refractivity contribution < 1.29 is 13.2 Å². The minimum atomic E-state index is -4.40. The van der Waals surface area contributed by atoms with Crippen molar-refractivity contribution >= 4 is 0 Å². The number of hydrogen-bond donors (Lipinski definition) is 1. The standard InChI is InChI=1S/C7H8F3N3/c8-7(9,10)13-6-4-11-2-1-5(6)3-12-13/h3,11H,1-2,4H2. The molecule has 13 heavy (non-hydrogen) atoms. The normalized spacial score (nSPS) is 17.2. The third-order valence-corrected chi connectivity index (χ3v) is 2.06. The quantitative estimate of drug-likeness (QED) is 0.663. The van der Waals surface area contributed by atoms with Gasteiger partial charge in [0.15, 0.2) is 0 Å². The maximum atomic E-state index is 12.3. The van der Waals surface area contributed by atoms with Crippen LogP contribution in [-0.2, 0) is 19.3 Å². The van der Waals surface area contributed by atoms with E-state index in [2.05, 4.69) is 10.4 Å². The second kappa shape index (κ2) is 2.73. The molecule has 0 fully saturated rings. The van der Waals surface area contributed by atoms with Crippen molar-refractivity contribution in [3.05, 3.63) is 17.5 Å². The Morgan fingerprint density at radius 1 is 1.46 bits per heavy atom. The first-order valence-corrected chi connectivity index (χ1v) is 3.93. The number of nitrogens with zero attached hydrogens (tertiary/aromatic N) is 2. The molecule has 72 valence electrons. The highest BCUT2D eigenvalue weighted by Crippen LogP contribution is 2.26. The number of halogens is 3. The van der Waals surface area contributed by atoms with Gasteiger partial charge in [-0.05, 0) is 18.5 Å². The molecule has 3 nitrogen and oxygen atoms in total. The Hall–Kier alpha value is -1.04. The Labute approximate surface area is 72.5 Å². The molecule has 0 aromatic carbocycles. The molecule has 0 aliphatic carbocycles. The van der Waals surface area contributed by atoms with Crippen LogP contribution in [-0.4, -0.2) is 16.3 Å². The largest absolute Gasteiger partial charge is 0.504 e. The topological polar surface area (TPSA) is 29.9 Å². The lowest BCUT2D eigenvalue weighted by molar-refractivity contribution is -0.214. The second-order valence-electron chi connectivity index (χ2n) is 2.92. The minimum absolute atomic E-state index is 0.133. The van der Waals surface area contributed by atoms with Crippen LogP contribution in [0.4, 0.5) is 13.2 Å². The van der Waals surface area contributed by atoms with Gasteiger partial charge in [0.05, 0.1) is 11.9 Å². The number of hydrogen-bond acceptors (Lipinski definition) is 2. The molecule has 0 amide bonds. The van der Waals surface area contributed by atoms with E-state index >= 15 is 0 Å². The lowest BCUT2D eigenvalue weighted by atomic mass is 10.1. The summed E-state index contributed by atoms with van der Waals surface area (Å²) in [6, 6.07) is 0. The number of alkyl halides is 3. The average molecular weight is 191 g/mol. The summed E-state index contributed by atoms with van der Waals surface area (Å²) in [6.45, 7) is 0.964. The van der Waals surface area contributed by atoms with E-state index in [4.69, 9.17) is 0 Å². The lowest BCUT2D eigenvalue weighted by Gasteiger charge is -2.16. The maximum Gasteiger partial charge on any atom is 0.504 e. The van der Waals surface area contributed by atoms with Gasteiger partial charge in [-0.15, -0.1) is 13.2 Å². The summed E-state index contributed by atoms with van der Waals surface area (Å²) in [5.74, 6) is 0. The average Bonchev–Trinajstić information content (AvgIpc) is 2.45. The van der Waals surface area contributed by atoms with Crippen LogP contribution in [0.5, 0.6) is 0 Å². The summed E-state index contributed by atoms with van der Waals surface area (Å²) in [4.78, 5) is 0. The number of aromatic nitrogens is 2. The predicted molar refractivity (Wildman–Crippen MR) is 38.9 cm³/mol. The Balaban J connectivity index is 2.43. The molecule has 6 heteroatoms. The first-order chi connectivity index (χ1) is 6.09. The van der Waals surface area contributed by atoms with Crippen LogP contribution >= 0.6 is 0 Å². The first kappa shape index (κ1) is 8.55.